The topological polar surface area (TPSA) is 21.3 Å². The van der Waals surface area contributed by atoms with Gasteiger partial charge in [-0.15, -0.1) is 0 Å². The molecular formula is C11H13NO. The van der Waals surface area contributed by atoms with Gasteiger partial charge in [-0.2, -0.15) is 0 Å². The molecule has 1 fully saturated rings. The highest BCUT2D eigenvalue weighted by Crippen LogP contribution is 2.36. The number of hydrogen-bond acceptors (Lipinski definition) is 2. The summed E-state index contributed by atoms with van der Waals surface area (Å²) in [5.41, 5.74) is 2.74. The summed E-state index contributed by atoms with van der Waals surface area (Å²) in [5, 5.41) is 3.41. The maximum absolute atomic E-state index is 5.65. The number of ether oxygens (including phenoxy) is 1. The fourth-order valence-electron chi connectivity index (χ4n) is 2.07. The average molecular weight is 175 g/mol. The molecule has 2 aliphatic heterocycles. The average Bonchev–Trinajstić information content (AvgIpc) is 2.49. The van der Waals surface area contributed by atoms with Gasteiger partial charge in [0.25, 0.3) is 0 Å². The summed E-state index contributed by atoms with van der Waals surface area (Å²) in [5.74, 6) is 1.15. The van der Waals surface area contributed by atoms with Crippen LogP contribution in [-0.4, -0.2) is 13.2 Å². The molecule has 2 heterocycles. The Bertz CT molecular complexity index is 331. The van der Waals surface area contributed by atoms with Crippen LogP contribution in [0, 0.1) is 0 Å². The van der Waals surface area contributed by atoms with Crippen LogP contribution in [0.25, 0.3) is 0 Å². The molecule has 0 amide bonds. The van der Waals surface area contributed by atoms with E-state index in [2.05, 4.69) is 23.5 Å². The Kier molecular flexibility index (Phi) is 1.56. The van der Waals surface area contributed by atoms with Crippen LogP contribution in [0.15, 0.2) is 18.2 Å². The zero-order chi connectivity index (χ0) is 8.67. The Balaban J connectivity index is 2.04. The fourth-order valence-corrected chi connectivity index (χ4v) is 2.07. The molecule has 2 aliphatic rings. The van der Waals surface area contributed by atoms with Gasteiger partial charge >= 0.3 is 0 Å². The van der Waals surface area contributed by atoms with Crippen molar-refractivity contribution in [2.75, 3.05) is 13.2 Å². The number of hydrogen-bond donors (Lipinski definition) is 1. The minimum atomic E-state index is 0.549. The second kappa shape index (κ2) is 2.74. The van der Waals surface area contributed by atoms with Crippen LogP contribution in [0.3, 0.4) is 0 Å². The van der Waals surface area contributed by atoms with E-state index >= 15 is 0 Å². The molecule has 1 aromatic rings. The molecule has 1 atom stereocenters. The summed E-state index contributed by atoms with van der Waals surface area (Å²) in [6.45, 7) is 2.01. The highest BCUT2D eigenvalue weighted by Gasteiger charge is 2.25. The molecule has 0 saturated carbocycles. The van der Waals surface area contributed by atoms with Crippen LogP contribution < -0.4 is 10.1 Å². The van der Waals surface area contributed by atoms with Crippen LogP contribution in [0.1, 0.15) is 23.6 Å². The lowest BCUT2D eigenvalue weighted by atomic mass is 9.95. The van der Waals surface area contributed by atoms with Crippen LogP contribution in [0.5, 0.6) is 5.75 Å². The normalized spacial score (nSPS) is 24.8. The standard InChI is InChI=1S/C11H13NO/c1-2-8-5-7-13-11(8)9(3-1)10-4-6-12-10/h1-3,10,12H,4-7H2/t10-/m0/s1. The van der Waals surface area contributed by atoms with Gasteiger partial charge in [0.15, 0.2) is 0 Å². The Hall–Kier alpha value is -1.02. The van der Waals surface area contributed by atoms with E-state index in [0.29, 0.717) is 6.04 Å². The molecule has 68 valence electrons. The van der Waals surface area contributed by atoms with E-state index in [0.717, 1.165) is 25.3 Å². The molecule has 0 aliphatic carbocycles. The lowest BCUT2D eigenvalue weighted by molar-refractivity contribution is 0.330. The third-order valence-electron chi connectivity index (χ3n) is 2.94. The van der Waals surface area contributed by atoms with Crippen molar-refractivity contribution in [1.29, 1.82) is 0 Å². The summed E-state index contributed by atoms with van der Waals surface area (Å²) in [6, 6.07) is 7.04. The molecule has 3 rings (SSSR count). The SMILES string of the molecule is c1cc2c(c([C@@H]3CCN3)c1)OCC2. The minimum absolute atomic E-state index is 0.549. The molecule has 1 N–H and O–H groups in total. The van der Waals surface area contributed by atoms with Crippen molar-refractivity contribution in [2.24, 2.45) is 0 Å². The van der Waals surface area contributed by atoms with Crippen molar-refractivity contribution in [3.05, 3.63) is 29.3 Å². The lowest BCUT2D eigenvalue weighted by Gasteiger charge is -2.29. The van der Waals surface area contributed by atoms with E-state index in [1.165, 1.54) is 17.5 Å². The third-order valence-corrected chi connectivity index (χ3v) is 2.94. The van der Waals surface area contributed by atoms with Gasteiger partial charge in [0, 0.05) is 18.0 Å². The zero-order valence-corrected chi connectivity index (χ0v) is 7.55. The molecule has 0 aromatic heterocycles. The summed E-state index contributed by atoms with van der Waals surface area (Å²) in [6.07, 6.45) is 2.33. The zero-order valence-electron chi connectivity index (χ0n) is 7.55. The smallest absolute Gasteiger partial charge is 0.127 e. The monoisotopic (exact) mass is 175 g/mol. The summed E-state index contributed by atoms with van der Waals surface area (Å²) < 4.78 is 5.65. The summed E-state index contributed by atoms with van der Waals surface area (Å²) in [4.78, 5) is 0. The van der Waals surface area contributed by atoms with Gasteiger partial charge in [-0.1, -0.05) is 18.2 Å². The van der Waals surface area contributed by atoms with E-state index in [1.54, 1.807) is 0 Å². The molecule has 0 radical (unpaired) electrons. The van der Waals surface area contributed by atoms with Gasteiger partial charge in [0.1, 0.15) is 5.75 Å². The number of rotatable bonds is 1. The Labute approximate surface area is 77.9 Å². The molecule has 1 aromatic carbocycles. The summed E-state index contributed by atoms with van der Waals surface area (Å²) in [7, 11) is 0. The first-order valence-electron chi connectivity index (χ1n) is 4.93. The van der Waals surface area contributed by atoms with Crippen molar-refractivity contribution in [3.8, 4) is 5.75 Å². The first-order valence-corrected chi connectivity index (χ1v) is 4.93. The molecule has 0 bridgehead atoms. The molecule has 0 spiro atoms. The fraction of sp³-hybridized carbons (Fsp3) is 0.455. The Morgan fingerprint density at radius 1 is 1.38 bits per heavy atom. The van der Waals surface area contributed by atoms with E-state index in [4.69, 9.17) is 4.74 Å². The molecule has 2 nitrogen and oxygen atoms in total. The third kappa shape index (κ3) is 1.05. The van der Waals surface area contributed by atoms with Crippen LogP contribution in [0.2, 0.25) is 0 Å². The van der Waals surface area contributed by atoms with Gasteiger partial charge in [-0.05, 0) is 18.5 Å². The predicted octanol–water partition coefficient (Wildman–Crippen LogP) is 1.66. The Morgan fingerprint density at radius 2 is 2.31 bits per heavy atom. The van der Waals surface area contributed by atoms with Crippen LogP contribution in [-0.2, 0) is 6.42 Å². The molecule has 13 heavy (non-hydrogen) atoms. The minimum Gasteiger partial charge on any atom is -0.493 e. The predicted molar refractivity (Wildman–Crippen MR) is 51.0 cm³/mol. The van der Waals surface area contributed by atoms with Gasteiger partial charge in [-0.3, -0.25) is 0 Å². The first kappa shape index (κ1) is 7.39. The first-order chi connectivity index (χ1) is 6.45. The van der Waals surface area contributed by atoms with Crippen molar-refractivity contribution >= 4 is 0 Å². The largest absolute Gasteiger partial charge is 0.493 e. The maximum atomic E-state index is 5.65. The van der Waals surface area contributed by atoms with Gasteiger partial charge in [-0.25, -0.2) is 0 Å². The van der Waals surface area contributed by atoms with E-state index < -0.39 is 0 Å². The summed E-state index contributed by atoms with van der Waals surface area (Å²) >= 11 is 0. The van der Waals surface area contributed by atoms with E-state index in [9.17, 15) is 0 Å². The molecule has 1 saturated heterocycles. The van der Waals surface area contributed by atoms with E-state index in [1.807, 2.05) is 0 Å². The van der Waals surface area contributed by atoms with Crippen molar-refractivity contribution in [2.45, 2.75) is 18.9 Å². The van der Waals surface area contributed by atoms with Gasteiger partial charge in [0.2, 0.25) is 0 Å². The number of benzene rings is 1. The molecular weight excluding hydrogens is 162 g/mol. The van der Waals surface area contributed by atoms with Crippen molar-refractivity contribution in [1.82, 2.24) is 5.32 Å². The maximum Gasteiger partial charge on any atom is 0.127 e. The highest BCUT2D eigenvalue weighted by atomic mass is 16.5. The number of fused-ring (bicyclic) bond motifs is 1. The van der Waals surface area contributed by atoms with Gasteiger partial charge < -0.3 is 10.1 Å². The van der Waals surface area contributed by atoms with Crippen LogP contribution in [0.4, 0.5) is 0 Å². The number of para-hydroxylation sites is 1. The quantitative estimate of drug-likeness (QED) is 0.700. The molecule has 0 unspecified atom stereocenters. The van der Waals surface area contributed by atoms with E-state index in [-0.39, 0.29) is 0 Å². The Morgan fingerprint density at radius 3 is 3.08 bits per heavy atom. The lowest BCUT2D eigenvalue weighted by Crippen LogP contribution is -2.35. The second-order valence-electron chi connectivity index (χ2n) is 3.73. The van der Waals surface area contributed by atoms with Gasteiger partial charge in [0.05, 0.1) is 6.61 Å². The molecule has 2 heteroatoms. The van der Waals surface area contributed by atoms with Crippen molar-refractivity contribution in [3.63, 3.8) is 0 Å². The van der Waals surface area contributed by atoms with Crippen LogP contribution >= 0.6 is 0 Å². The second-order valence-corrected chi connectivity index (χ2v) is 3.73. The highest BCUT2D eigenvalue weighted by molar-refractivity contribution is 5.46. The van der Waals surface area contributed by atoms with Crippen molar-refractivity contribution < 1.29 is 4.74 Å². The number of nitrogens with one attached hydrogen (secondary N) is 1.